The molecule has 3 aliphatic rings. The van der Waals surface area contributed by atoms with Crippen molar-refractivity contribution in [3.63, 3.8) is 0 Å². The zero-order chi connectivity index (χ0) is 20.4. The summed E-state index contributed by atoms with van der Waals surface area (Å²) in [6, 6.07) is 7.50. The molecule has 29 heavy (non-hydrogen) atoms. The lowest BCUT2D eigenvalue weighted by molar-refractivity contribution is -0.184. The molecule has 1 aromatic heterocycles. The zero-order valence-electron chi connectivity index (χ0n) is 15.6. The molecular weight excluding hydrogens is 404 g/mol. The number of carbonyl (C=O) groups is 1. The van der Waals surface area contributed by atoms with Gasteiger partial charge in [-0.05, 0) is 12.1 Å². The number of carbonyl (C=O) groups excluding carboxylic acids is 1. The fourth-order valence-corrected chi connectivity index (χ4v) is 6.42. The predicted octanol–water partition coefficient (Wildman–Crippen LogP) is 1.48. The molecule has 0 bridgehead atoms. The van der Waals surface area contributed by atoms with E-state index in [0.29, 0.717) is 0 Å². The summed E-state index contributed by atoms with van der Waals surface area (Å²) in [4.78, 5) is 18.0. The van der Waals surface area contributed by atoms with Crippen LogP contribution in [0.15, 0.2) is 30.6 Å². The van der Waals surface area contributed by atoms with E-state index in [0.717, 1.165) is 11.0 Å². The van der Waals surface area contributed by atoms with Gasteiger partial charge in [-0.2, -0.15) is 0 Å². The summed E-state index contributed by atoms with van der Waals surface area (Å²) < 4.78 is 59.5. The largest absolute Gasteiger partial charge is 0.369 e. The van der Waals surface area contributed by atoms with Crippen LogP contribution in [0.1, 0.15) is 12.8 Å². The Balaban J connectivity index is 1.23. The van der Waals surface area contributed by atoms with E-state index in [1.54, 1.807) is 6.33 Å². The third-order valence-corrected chi connectivity index (χ3v) is 8.41. The number of rotatable bonds is 3. The number of benzene rings is 1. The van der Waals surface area contributed by atoms with Crippen LogP contribution in [0.5, 0.6) is 0 Å². The lowest BCUT2D eigenvalue weighted by atomic mass is 9.79. The monoisotopic (exact) mass is 425 g/mol. The first-order valence-electron chi connectivity index (χ1n) is 9.59. The van der Waals surface area contributed by atoms with Gasteiger partial charge in [0, 0.05) is 25.3 Å². The van der Waals surface area contributed by atoms with Crippen LogP contribution in [0.25, 0.3) is 11.0 Å². The number of sulfone groups is 1. The van der Waals surface area contributed by atoms with Gasteiger partial charge in [-0.3, -0.25) is 4.79 Å². The first-order chi connectivity index (χ1) is 13.7. The standard InChI is InChI=1S/C19H21F2N3O4S/c20-19(21)5-13(6-19)17(25)24-9-18(10-24)11-29(26,27)14(8-28-18)7-23-12-22-15-3-1-2-4-16(15)23/h1-4,12-14H,5-11H2/t14-/m0/s1. The van der Waals surface area contributed by atoms with E-state index in [9.17, 15) is 22.0 Å². The van der Waals surface area contributed by atoms with Crippen LogP contribution < -0.4 is 0 Å². The number of imidazole rings is 1. The summed E-state index contributed by atoms with van der Waals surface area (Å²) in [5.74, 6) is -3.90. The predicted molar refractivity (Wildman–Crippen MR) is 100 cm³/mol. The zero-order valence-corrected chi connectivity index (χ0v) is 16.4. The number of nitrogens with zero attached hydrogens (tertiary/aromatic N) is 3. The van der Waals surface area contributed by atoms with Gasteiger partial charge in [-0.25, -0.2) is 22.2 Å². The fourth-order valence-electron chi connectivity index (χ4n) is 4.52. The molecular formula is C19H21F2N3O4S. The molecule has 0 unspecified atom stereocenters. The average Bonchev–Trinajstić information content (AvgIpc) is 3.01. The van der Waals surface area contributed by atoms with Crippen LogP contribution in [0.2, 0.25) is 0 Å². The Bertz CT molecular complexity index is 1070. The van der Waals surface area contributed by atoms with Crippen LogP contribution in [0, 0.1) is 5.92 Å². The lowest BCUT2D eigenvalue weighted by Gasteiger charge is -2.53. The second-order valence-electron chi connectivity index (χ2n) is 8.46. The number of para-hydroxylation sites is 2. The van der Waals surface area contributed by atoms with Gasteiger partial charge in [0.25, 0.3) is 0 Å². The number of fused-ring (bicyclic) bond motifs is 1. The Morgan fingerprint density at radius 2 is 1.97 bits per heavy atom. The van der Waals surface area contributed by atoms with Gasteiger partial charge in [-0.15, -0.1) is 0 Å². The highest BCUT2D eigenvalue weighted by Crippen LogP contribution is 2.44. The van der Waals surface area contributed by atoms with Gasteiger partial charge in [0.1, 0.15) is 10.9 Å². The van der Waals surface area contributed by atoms with Crippen LogP contribution in [-0.2, 0) is 25.9 Å². The Hall–Kier alpha value is -2.07. The van der Waals surface area contributed by atoms with Crippen molar-refractivity contribution in [2.45, 2.75) is 36.2 Å². The first-order valence-corrected chi connectivity index (χ1v) is 11.3. The van der Waals surface area contributed by atoms with Gasteiger partial charge in [0.05, 0.1) is 42.8 Å². The van der Waals surface area contributed by atoms with Gasteiger partial charge < -0.3 is 14.2 Å². The Morgan fingerprint density at radius 1 is 1.24 bits per heavy atom. The van der Waals surface area contributed by atoms with E-state index in [2.05, 4.69) is 4.98 Å². The molecule has 1 saturated carbocycles. The molecule has 1 amide bonds. The highest BCUT2D eigenvalue weighted by molar-refractivity contribution is 7.92. The molecule has 5 rings (SSSR count). The minimum atomic E-state index is -3.45. The number of ether oxygens (including phenoxy) is 1. The highest BCUT2D eigenvalue weighted by Gasteiger charge is 2.57. The molecule has 0 radical (unpaired) electrons. The summed E-state index contributed by atoms with van der Waals surface area (Å²) in [7, 11) is -3.45. The van der Waals surface area contributed by atoms with E-state index < -0.39 is 45.4 Å². The van der Waals surface area contributed by atoms with Gasteiger partial charge >= 0.3 is 0 Å². The van der Waals surface area contributed by atoms with Crippen molar-refractivity contribution in [3.05, 3.63) is 30.6 Å². The van der Waals surface area contributed by atoms with Crippen molar-refractivity contribution < 1.29 is 26.7 Å². The molecule has 1 atom stereocenters. The minimum Gasteiger partial charge on any atom is -0.369 e. The van der Waals surface area contributed by atoms with E-state index in [4.69, 9.17) is 4.74 Å². The summed E-state index contributed by atoms with van der Waals surface area (Å²) in [5, 5.41) is -0.694. The van der Waals surface area contributed by atoms with Gasteiger partial charge in [-0.1, -0.05) is 12.1 Å². The SMILES string of the molecule is O=C(C1CC(F)(F)C1)N1CC2(C1)CS(=O)(=O)[C@@H](Cn1cnc3ccccc31)CO2. The number of aromatic nitrogens is 2. The quantitative estimate of drug-likeness (QED) is 0.744. The Morgan fingerprint density at radius 3 is 2.66 bits per heavy atom. The van der Waals surface area contributed by atoms with Gasteiger partial charge in [0.2, 0.25) is 11.8 Å². The second-order valence-corrected chi connectivity index (χ2v) is 10.7. The van der Waals surface area contributed by atoms with Crippen LogP contribution in [0.4, 0.5) is 8.78 Å². The fraction of sp³-hybridized carbons (Fsp3) is 0.579. The number of alkyl halides is 2. The highest BCUT2D eigenvalue weighted by atomic mass is 32.2. The summed E-state index contributed by atoms with van der Waals surface area (Å²) in [5.41, 5.74) is 0.752. The van der Waals surface area contributed by atoms with Crippen LogP contribution in [-0.4, -0.2) is 71.0 Å². The van der Waals surface area contributed by atoms with Crippen molar-refractivity contribution in [2.24, 2.45) is 5.92 Å². The molecule has 1 spiro atoms. The molecule has 7 nitrogen and oxygen atoms in total. The van der Waals surface area contributed by atoms with Crippen molar-refractivity contribution in [3.8, 4) is 0 Å². The molecule has 2 saturated heterocycles. The minimum absolute atomic E-state index is 0.0400. The molecule has 1 aliphatic carbocycles. The molecule has 3 heterocycles. The first kappa shape index (κ1) is 18.9. The van der Waals surface area contributed by atoms with Crippen LogP contribution in [0.3, 0.4) is 0 Å². The number of hydrogen-bond acceptors (Lipinski definition) is 5. The number of halogens is 2. The molecule has 2 aliphatic heterocycles. The molecule has 2 aromatic rings. The van der Waals surface area contributed by atoms with E-state index >= 15 is 0 Å². The molecule has 0 N–H and O–H groups in total. The maximum Gasteiger partial charge on any atom is 0.249 e. The van der Waals surface area contributed by atoms with Gasteiger partial charge in [0.15, 0.2) is 9.84 Å². The molecule has 10 heteroatoms. The van der Waals surface area contributed by atoms with Crippen LogP contribution >= 0.6 is 0 Å². The summed E-state index contributed by atoms with van der Waals surface area (Å²) >= 11 is 0. The Labute approximate surface area is 166 Å². The molecule has 3 fully saturated rings. The normalized spacial score (nSPS) is 27.5. The molecule has 1 aromatic carbocycles. The van der Waals surface area contributed by atoms with Crippen molar-refractivity contribution >= 4 is 26.8 Å². The number of amides is 1. The third kappa shape index (κ3) is 3.22. The molecule has 156 valence electrons. The van der Waals surface area contributed by atoms with Crippen molar-refractivity contribution in [1.82, 2.24) is 14.5 Å². The summed E-state index contributed by atoms with van der Waals surface area (Å²) in [6.07, 6.45) is 0.785. The number of hydrogen-bond donors (Lipinski definition) is 0. The van der Waals surface area contributed by atoms with Crippen molar-refractivity contribution in [2.75, 3.05) is 25.4 Å². The topological polar surface area (TPSA) is 81.5 Å². The lowest BCUT2D eigenvalue weighted by Crippen LogP contribution is -2.71. The second kappa shape index (κ2) is 6.21. The summed E-state index contributed by atoms with van der Waals surface area (Å²) in [6.45, 7) is 0.582. The van der Waals surface area contributed by atoms with E-state index in [1.807, 2.05) is 28.8 Å². The number of likely N-dealkylation sites (tertiary alicyclic amines) is 1. The average molecular weight is 425 g/mol. The maximum atomic E-state index is 13.0. The van der Waals surface area contributed by atoms with Crippen molar-refractivity contribution in [1.29, 1.82) is 0 Å². The smallest absolute Gasteiger partial charge is 0.249 e. The maximum absolute atomic E-state index is 13.0. The Kier molecular flexibility index (Phi) is 4.05. The van der Waals surface area contributed by atoms with E-state index in [-0.39, 0.29) is 37.9 Å². The third-order valence-electron chi connectivity index (χ3n) is 6.18. The van der Waals surface area contributed by atoms with E-state index in [1.165, 1.54) is 4.90 Å².